The highest BCUT2D eigenvalue weighted by atomic mass is 32.2. The lowest BCUT2D eigenvalue weighted by Gasteiger charge is -2.34. The molecule has 7 nitrogen and oxygen atoms in total. The molecule has 1 aliphatic rings. The number of carbonyl (C=O) groups excluding carboxylic acids is 1. The van der Waals surface area contributed by atoms with Gasteiger partial charge in [-0.3, -0.25) is 4.79 Å². The molecule has 3 aromatic rings. The fourth-order valence-electron chi connectivity index (χ4n) is 4.18. The van der Waals surface area contributed by atoms with E-state index in [0.717, 1.165) is 28.2 Å². The molecule has 0 bridgehead atoms. The van der Waals surface area contributed by atoms with Crippen LogP contribution in [0.2, 0.25) is 0 Å². The molecule has 0 spiro atoms. The Kier molecular flexibility index (Phi) is 6.26. The number of hydrogen-bond donors (Lipinski definition) is 0. The number of nitrogens with zero attached hydrogens (tertiary/aromatic N) is 4. The van der Waals surface area contributed by atoms with E-state index < -0.39 is 26.7 Å². The van der Waals surface area contributed by atoms with E-state index in [4.69, 9.17) is 0 Å². The second-order valence-electron chi connectivity index (χ2n) is 8.00. The maximum atomic E-state index is 13.4. The fourth-order valence-corrected chi connectivity index (χ4v) is 5.82. The highest BCUT2D eigenvalue weighted by Gasteiger charge is 2.40. The highest BCUT2D eigenvalue weighted by molar-refractivity contribution is 7.89. The van der Waals surface area contributed by atoms with E-state index in [1.165, 1.54) is 11.0 Å². The third kappa shape index (κ3) is 4.32. The van der Waals surface area contributed by atoms with Crippen LogP contribution in [0, 0.1) is 13.8 Å². The summed E-state index contributed by atoms with van der Waals surface area (Å²) < 4.78 is 68.9. The molecule has 2 aromatic heterocycles. The molecule has 11 heteroatoms. The summed E-state index contributed by atoms with van der Waals surface area (Å²) in [5.41, 5.74) is 0.803. The van der Waals surface area contributed by atoms with Gasteiger partial charge in [-0.05, 0) is 44.2 Å². The molecule has 0 N–H and O–H groups in total. The second-order valence-corrected chi connectivity index (χ2v) is 9.90. The summed E-state index contributed by atoms with van der Waals surface area (Å²) in [4.78, 5) is 18.3. The van der Waals surface area contributed by atoms with Crippen molar-refractivity contribution in [3.63, 3.8) is 0 Å². The molecule has 0 saturated carbocycles. The minimum atomic E-state index is -4.79. The highest BCUT2D eigenvalue weighted by Crippen LogP contribution is 2.35. The lowest BCUT2D eigenvalue weighted by Crippen LogP contribution is -2.50. The first-order valence-corrected chi connectivity index (χ1v) is 12.0. The summed E-state index contributed by atoms with van der Waals surface area (Å²) >= 11 is 0. The molecule has 3 heterocycles. The van der Waals surface area contributed by atoms with Gasteiger partial charge in [0.2, 0.25) is 10.0 Å². The number of alkyl halides is 3. The number of piperazine rings is 1. The van der Waals surface area contributed by atoms with Gasteiger partial charge in [0.1, 0.15) is 5.82 Å². The molecule has 0 atom stereocenters. The Balaban J connectivity index is 1.53. The van der Waals surface area contributed by atoms with Crippen molar-refractivity contribution in [2.75, 3.05) is 26.2 Å². The molecule has 4 rings (SSSR count). The zero-order valence-corrected chi connectivity index (χ0v) is 19.4. The molecule has 1 aromatic carbocycles. The van der Waals surface area contributed by atoms with E-state index >= 15 is 0 Å². The van der Waals surface area contributed by atoms with Crippen LogP contribution in [0.3, 0.4) is 0 Å². The van der Waals surface area contributed by atoms with Gasteiger partial charge in [0.15, 0.2) is 0 Å². The third-order valence-electron chi connectivity index (χ3n) is 5.88. The van der Waals surface area contributed by atoms with Crippen molar-refractivity contribution in [1.29, 1.82) is 0 Å². The molecule has 1 amide bonds. The quantitative estimate of drug-likeness (QED) is 0.557. The standard InChI is InChI=1S/C23H23F3N4O3S/c1-16-15-18(17(2)30(16)21-9-5-6-10-27-21)22(31)28-11-13-29(14-12-28)34(32,33)20-8-4-3-7-19(20)23(24,25)26/h3-10,15H,11-14H2,1-2H3. The van der Waals surface area contributed by atoms with Gasteiger partial charge in [-0.15, -0.1) is 0 Å². The van der Waals surface area contributed by atoms with Gasteiger partial charge in [-0.25, -0.2) is 13.4 Å². The topological polar surface area (TPSA) is 75.5 Å². The Morgan fingerprint density at radius 2 is 1.62 bits per heavy atom. The molecule has 0 radical (unpaired) electrons. The molecule has 1 fully saturated rings. The number of carbonyl (C=O) groups is 1. The molecule has 1 saturated heterocycles. The van der Waals surface area contributed by atoms with Crippen LogP contribution >= 0.6 is 0 Å². The molecular formula is C23H23F3N4O3S. The maximum Gasteiger partial charge on any atom is 0.417 e. The monoisotopic (exact) mass is 492 g/mol. The van der Waals surface area contributed by atoms with Crippen molar-refractivity contribution in [3.05, 3.63) is 77.2 Å². The van der Waals surface area contributed by atoms with Crippen molar-refractivity contribution >= 4 is 15.9 Å². The first-order chi connectivity index (χ1) is 16.0. The summed E-state index contributed by atoms with van der Waals surface area (Å²) in [5.74, 6) is 0.416. The SMILES string of the molecule is Cc1cc(C(=O)N2CCN(S(=O)(=O)c3ccccc3C(F)(F)F)CC2)c(C)n1-c1ccccn1. The number of halogens is 3. The Labute approximate surface area is 195 Å². The molecule has 0 aliphatic carbocycles. The predicted molar refractivity (Wildman–Crippen MR) is 119 cm³/mol. The summed E-state index contributed by atoms with van der Waals surface area (Å²) in [6.45, 7) is 3.61. The van der Waals surface area contributed by atoms with E-state index in [9.17, 15) is 26.4 Å². The number of pyridine rings is 1. The summed E-state index contributed by atoms with van der Waals surface area (Å²) in [5, 5.41) is 0. The van der Waals surface area contributed by atoms with Crippen LogP contribution in [0.25, 0.3) is 5.82 Å². The number of hydrogen-bond acceptors (Lipinski definition) is 4. The van der Waals surface area contributed by atoms with Gasteiger partial charge < -0.3 is 9.47 Å². The zero-order valence-electron chi connectivity index (χ0n) is 18.6. The molecule has 180 valence electrons. The Hall–Kier alpha value is -3.18. The number of sulfonamides is 1. The number of aromatic nitrogens is 2. The largest absolute Gasteiger partial charge is 0.417 e. The Morgan fingerprint density at radius 3 is 2.24 bits per heavy atom. The van der Waals surface area contributed by atoms with E-state index in [0.29, 0.717) is 17.1 Å². The normalized spacial score (nSPS) is 15.5. The molecule has 1 aliphatic heterocycles. The first kappa shape index (κ1) is 24.0. The smallest absolute Gasteiger partial charge is 0.336 e. The van der Waals surface area contributed by atoms with Gasteiger partial charge in [-0.1, -0.05) is 18.2 Å². The van der Waals surface area contributed by atoms with Crippen molar-refractivity contribution < 1.29 is 26.4 Å². The van der Waals surface area contributed by atoms with Crippen molar-refractivity contribution in [1.82, 2.24) is 18.8 Å². The van der Waals surface area contributed by atoms with Crippen molar-refractivity contribution in [2.45, 2.75) is 24.9 Å². The number of aryl methyl sites for hydroxylation is 1. The third-order valence-corrected chi connectivity index (χ3v) is 7.83. The summed E-state index contributed by atoms with van der Waals surface area (Å²) in [6.07, 6.45) is -3.14. The van der Waals surface area contributed by atoms with Crippen LogP contribution in [0.5, 0.6) is 0 Å². The average molecular weight is 493 g/mol. The number of benzene rings is 1. The number of rotatable bonds is 4. The second kappa shape index (κ2) is 8.88. The summed E-state index contributed by atoms with van der Waals surface area (Å²) in [7, 11) is -4.37. The maximum absolute atomic E-state index is 13.4. The Morgan fingerprint density at radius 1 is 0.971 bits per heavy atom. The van der Waals surface area contributed by atoms with Crippen LogP contribution in [-0.2, 0) is 16.2 Å². The molecule has 34 heavy (non-hydrogen) atoms. The Bertz CT molecular complexity index is 1310. The van der Waals surface area contributed by atoms with E-state index in [1.54, 1.807) is 18.3 Å². The first-order valence-electron chi connectivity index (χ1n) is 10.6. The van der Waals surface area contributed by atoms with Gasteiger partial charge in [0.25, 0.3) is 5.91 Å². The summed E-state index contributed by atoms with van der Waals surface area (Å²) in [6, 6.07) is 11.4. The van der Waals surface area contributed by atoms with Crippen molar-refractivity contribution in [3.8, 4) is 5.82 Å². The van der Waals surface area contributed by atoms with Crippen LogP contribution in [0.4, 0.5) is 13.2 Å². The minimum Gasteiger partial charge on any atom is -0.336 e. The van der Waals surface area contributed by atoms with Crippen LogP contribution < -0.4 is 0 Å². The van der Waals surface area contributed by atoms with E-state index in [-0.39, 0.29) is 32.1 Å². The lowest BCUT2D eigenvalue weighted by atomic mass is 10.2. The molecule has 0 unspecified atom stereocenters. The van der Waals surface area contributed by atoms with Gasteiger partial charge in [0.05, 0.1) is 16.0 Å². The van der Waals surface area contributed by atoms with E-state index in [1.807, 2.05) is 30.5 Å². The average Bonchev–Trinajstić information content (AvgIpc) is 3.12. The van der Waals surface area contributed by atoms with Gasteiger partial charge in [-0.2, -0.15) is 17.5 Å². The van der Waals surface area contributed by atoms with E-state index in [2.05, 4.69) is 4.98 Å². The molecular weight excluding hydrogens is 469 g/mol. The number of amides is 1. The van der Waals surface area contributed by atoms with Gasteiger partial charge >= 0.3 is 6.18 Å². The lowest BCUT2D eigenvalue weighted by molar-refractivity contribution is -0.139. The van der Waals surface area contributed by atoms with Crippen molar-refractivity contribution in [2.24, 2.45) is 0 Å². The fraction of sp³-hybridized carbons (Fsp3) is 0.304. The van der Waals surface area contributed by atoms with Crippen LogP contribution in [0.15, 0.2) is 59.6 Å². The zero-order chi connectivity index (χ0) is 24.7. The van der Waals surface area contributed by atoms with Crippen LogP contribution in [0.1, 0.15) is 27.3 Å². The van der Waals surface area contributed by atoms with Crippen LogP contribution in [-0.4, -0.2) is 59.3 Å². The predicted octanol–water partition coefficient (Wildman–Crippen LogP) is 3.65. The minimum absolute atomic E-state index is 0.0690. The van der Waals surface area contributed by atoms with Gasteiger partial charge in [0, 0.05) is 43.8 Å².